The molecule has 2 atom stereocenters. The van der Waals surface area contributed by atoms with Crippen molar-refractivity contribution in [2.45, 2.75) is 45.7 Å². The zero-order valence-corrected chi connectivity index (χ0v) is 15.9. The Balaban J connectivity index is 0.00000312. The average Bonchev–Trinajstić information content (AvgIpc) is 2.54. The molecule has 0 radical (unpaired) electrons. The Bertz CT molecular complexity index is 577. The normalized spacial score (nSPS) is 20.0. The number of hydrogen-bond acceptors (Lipinski definition) is 3. The number of carbonyl (C=O) groups excluding carboxylic acids is 2. The third kappa shape index (κ3) is 5.90. The molecule has 1 aromatic rings. The highest BCUT2D eigenvalue weighted by Gasteiger charge is 2.29. The van der Waals surface area contributed by atoms with Crippen molar-refractivity contribution < 1.29 is 9.59 Å². The average molecular weight is 369 g/mol. The van der Waals surface area contributed by atoms with Gasteiger partial charge in [-0.1, -0.05) is 6.92 Å². The molecule has 0 aliphatic carbocycles. The number of anilines is 1. The SMILES string of the molecule is CC1CCN(C(=O)c2ccc(NC(=O)NC(C)C)cc2)C(CN)C1.Cl. The van der Waals surface area contributed by atoms with Crippen LogP contribution >= 0.6 is 12.4 Å². The molecule has 1 heterocycles. The number of benzene rings is 1. The van der Waals surface area contributed by atoms with Crippen molar-refractivity contribution in [3.63, 3.8) is 0 Å². The van der Waals surface area contributed by atoms with Gasteiger partial charge in [0, 0.05) is 36.4 Å². The second kappa shape index (κ2) is 9.63. The van der Waals surface area contributed by atoms with Crippen molar-refractivity contribution in [2.24, 2.45) is 11.7 Å². The van der Waals surface area contributed by atoms with Gasteiger partial charge in [-0.2, -0.15) is 0 Å². The number of piperidine rings is 1. The molecule has 0 bridgehead atoms. The standard InChI is InChI=1S/C18H28N4O2.ClH/c1-12(2)20-18(24)21-15-6-4-14(5-7-15)17(23)22-9-8-13(3)10-16(22)11-19;/h4-7,12-13,16H,8-11,19H2,1-3H3,(H2,20,21,24);1H. The van der Waals surface area contributed by atoms with Crippen LogP contribution in [-0.2, 0) is 0 Å². The molecule has 1 fully saturated rings. The van der Waals surface area contributed by atoms with E-state index in [4.69, 9.17) is 5.73 Å². The summed E-state index contributed by atoms with van der Waals surface area (Å²) < 4.78 is 0. The highest BCUT2D eigenvalue weighted by molar-refractivity contribution is 5.95. The van der Waals surface area contributed by atoms with Crippen molar-refractivity contribution in [2.75, 3.05) is 18.4 Å². The first-order chi connectivity index (χ1) is 11.4. The minimum Gasteiger partial charge on any atom is -0.336 e. The molecule has 0 saturated carbocycles. The second-order valence-corrected chi connectivity index (χ2v) is 6.85. The Morgan fingerprint density at radius 2 is 1.92 bits per heavy atom. The van der Waals surface area contributed by atoms with Gasteiger partial charge in [0.2, 0.25) is 0 Å². The minimum absolute atomic E-state index is 0. The van der Waals surface area contributed by atoms with Crippen LogP contribution in [0.25, 0.3) is 0 Å². The second-order valence-electron chi connectivity index (χ2n) is 6.85. The topological polar surface area (TPSA) is 87.5 Å². The number of carbonyl (C=O) groups is 2. The lowest BCUT2D eigenvalue weighted by atomic mass is 9.92. The van der Waals surface area contributed by atoms with Crippen LogP contribution in [0.5, 0.6) is 0 Å². The van der Waals surface area contributed by atoms with Crippen LogP contribution in [-0.4, -0.2) is 42.0 Å². The number of amides is 3. The Labute approximate surface area is 155 Å². The maximum absolute atomic E-state index is 12.7. The summed E-state index contributed by atoms with van der Waals surface area (Å²) in [6.07, 6.45) is 1.97. The van der Waals surface area contributed by atoms with Crippen LogP contribution in [0.3, 0.4) is 0 Å². The molecule has 1 saturated heterocycles. The summed E-state index contributed by atoms with van der Waals surface area (Å²) in [7, 11) is 0. The van der Waals surface area contributed by atoms with E-state index in [1.807, 2.05) is 18.7 Å². The summed E-state index contributed by atoms with van der Waals surface area (Å²) in [4.78, 5) is 26.3. The smallest absolute Gasteiger partial charge is 0.319 e. The van der Waals surface area contributed by atoms with E-state index in [0.717, 1.165) is 19.4 Å². The van der Waals surface area contributed by atoms with Crippen molar-refractivity contribution in [1.82, 2.24) is 10.2 Å². The molecule has 1 aromatic carbocycles. The molecule has 6 nitrogen and oxygen atoms in total. The summed E-state index contributed by atoms with van der Waals surface area (Å²) in [6, 6.07) is 6.92. The van der Waals surface area contributed by atoms with Gasteiger partial charge in [-0.15, -0.1) is 12.4 Å². The first-order valence-corrected chi connectivity index (χ1v) is 8.59. The molecule has 3 amide bonds. The number of nitrogens with zero attached hydrogens (tertiary/aromatic N) is 1. The van der Waals surface area contributed by atoms with Gasteiger partial charge >= 0.3 is 6.03 Å². The summed E-state index contributed by atoms with van der Waals surface area (Å²) in [5.41, 5.74) is 7.12. The third-order valence-corrected chi connectivity index (χ3v) is 4.32. The number of halogens is 1. The van der Waals surface area contributed by atoms with Gasteiger partial charge in [0.15, 0.2) is 0 Å². The van der Waals surface area contributed by atoms with Crippen LogP contribution in [0.15, 0.2) is 24.3 Å². The van der Waals surface area contributed by atoms with E-state index in [-0.39, 0.29) is 36.4 Å². The van der Waals surface area contributed by atoms with Crippen LogP contribution in [0.1, 0.15) is 44.0 Å². The molecular weight excluding hydrogens is 340 g/mol. The quantitative estimate of drug-likeness (QED) is 0.763. The number of urea groups is 1. The summed E-state index contributed by atoms with van der Waals surface area (Å²) in [6.45, 7) is 7.24. The summed E-state index contributed by atoms with van der Waals surface area (Å²) in [5.74, 6) is 0.615. The van der Waals surface area contributed by atoms with Crippen molar-refractivity contribution in [3.8, 4) is 0 Å². The van der Waals surface area contributed by atoms with Crippen molar-refractivity contribution >= 4 is 30.0 Å². The van der Waals surface area contributed by atoms with Crippen LogP contribution in [0.4, 0.5) is 10.5 Å². The van der Waals surface area contributed by atoms with Crippen LogP contribution in [0.2, 0.25) is 0 Å². The van der Waals surface area contributed by atoms with Gasteiger partial charge in [0.05, 0.1) is 0 Å². The lowest BCUT2D eigenvalue weighted by molar-refractivity contribution is 0.0573. The fourth-order valence-electron chi connectivity index (χ4n) is 3.03. The van der Waals surface area contributed by atoms with Gasteiger partial charge in [-0.25, -0.2) is 4.79 Å². The first kappa shape index (κ1) is 21.3. The molecule has 2 rings (SSSR count). The monoisotopic (exact) mass is 368 g/mol. The maximum Gasteiger partial charge on any atom is 0.319 e. The minimum atomic E-state index is -0.253. The Morgan fingerprint density at radius 1 is 1.28 bits per heavy atom. The molecule has 7 heteroatoms. The van der Waals surface area contributed by atoms with Gasteiger partial charge in [-0.3, -0.25) is 4.79 Å². The van der Waals surface area contributed by atoms with Gasteiger partial charge in [-0.05, 0) is 56.9 Å². The Kier molecular flexibility index (Phi) is 8.19. The fourth-order valence-corrected chi connectivity index (χ4v) is 3.03. The lowest BCUT2D eigenvalue weighted by Crippen LogP contribution is -2.49. The Morgan fingerprint density at radius 3 is 2.48 bits per heavy atom. The molecular formula is C18H29ClN4O2. The van der Waals surface area contributed by atoms with E-state index in [2.05, 4.69) is 17.6 Å². The highest BCUT2D eigenvalue weighted by Crippen LogP contribution is 2.24. The number of nitrogens with two attached hydrogens (primary N) is 1. The predicted molar refractivity (Wildman–Crippen MR) is 103 cm³/mol. The van der Waals surface area contributed by atoms with Gasteiger partial charge < -0.3 is 21.3 Å². The number of rotatable bonds is 4. The zero-order valence-electron chi connectivity index (χ0n) is 15.1. The van der Waals surface area contributed by atoms with Crippen molar-refractivity contribution in [1.29, 1.82) is 0 Å². The largest absolute Gasteiger partial charge is 0.336 e. The molecule has 1 aliphatic rings. The third-order valence-electron chi connectivity index (χ3n) is 4.32. The zero-order chi connectivity index (χ0) is 17.7. The lowest BCUT2D eigenvalue weighted by Gasteiger charge is -2.38. The molecule has 0 spiro atoms. The molecule has 140 valence electrons. The number of likely N-dealkylation sites (tertiary alicyclic amines) is 1. The number of hydrogen-bond donors (Lipinski definition) is 3. The van der Waals surface area contributed by atoms with E-state index in [1.54, 1.807) is 24.3 Å². The van der Waals surface area contributed by atoms with E-state index in [0.29, 0.717) is 23.7 Å². The maximum atomic E-state index is 12.7. The van der Waals surface area contributed by atoms with Crippen LogP contribution in [0, 0.1) is 5.92 Å². The number of nitrogens with one attached hydrogen (secondary N) is 2. The fraction of sp³-hybridized carbons (Fsp3) is 0.556. The van der Waals surface area contributed by atoms with Crippen molar-refractivity contribution in [3.05, 3.63) is 29.8 Å². The van der Waals surface area contributed by atoms with E-state index in [9.17, 15) is 9.59 Å². The van der Waals surface area contributed by atoms with Gasteiger partial charge in [0.25, 0.3) is 5.91 Å². The molecule has 4 N–H and O–H groups in total. The van der Waals surface area contributed by atoms with Crippen LogP contribution < -0.4 is 16.4 Å². The summed E-state index contributed by atoms with van der Waals surface area (Å²) in [5, 5.41) is 5.51. The van der Waals surface area contributed by atoms with Gasteiger partial charge in [0.1, 0.15) is 0 Å². The van der Waals surface area contributed by atoms with E-state index >= 15 is 0 Å². The first-order valence-electron chi connectivity index (χ1n) is 8.59. The summed E-state index contributed by atoms with van der Waals surface area (Å²) >= 11 is 0. The van der Waals surface area contributed by atoms with E-state index < -0.39 is 0 Å². The van der Waals surface area contributed by atoms with E-state index in [1.165, 1.54) is 0 Å². The predicted octanol–water partition coefficient (Wildman–Crippen LogP) is 2.84. The molecule has 1 aliphatic heterocycles. The molecule has 25 heavy (non-hydrogen) atoms. The molecule has 0 aromatic heterocycles. The Hall–Kier alpha value is -1.79. The molecule has 2 unspecified atom stereocenters. The highest BCUT2D eigenvalue weighted by atomic mass is 35.5.